The van der Waals surface area contributed by atoms with Crippen molar-refractivity contribution in [2.45, 2.75) is 25.5 Å². The van der Waals surface area contributed by atoms with E-state index in [-0.39, 0.29) is 0 Å². The van der Waals surface area contributed by atoms with Crippen molar-refractivity contribution in [1.29, 1.82) is 0 Å². The third-order valence-electron chi connectivity index (χ3n) is 1.66. The molecule has 1 aromatic carbocycles. The number of hydrogen-bond donors (Lipinski definition) is 0. The van der Waals surface area contributed by atoms with E-state index in [1.54, 1.807) is 0 Å². The quantitative estimate of drug-likeness (QED) is 0.660. The van der Waals surface area contributed by atoms with Crippen molar-refractivity contribution in [2.75, 3.05) is 6.26 Å². The van der Waals surface area contributed by atoms with Crippen molar-refractivity contribution in [3.63, 3.8) is 0 Å². The fourth-order valence-electron chi connectivity index (χ4n) is 0.968. The second-order valence-corrected chi connectivity index (χ2v) is 8.46. The summed E-state index contributed by atoms with van der Waals surface area (Å²) in [5, 5.41) is 0. The number of benzene rings is 1. The molecular weight excluding hydrogens is 252 g/mol. The second kappa shape index (κ2) is 6.67. The van der Waals surface area contributed by atoms with Crippen LogP contribution in [-0.4, -0.2) is 11.0 Å². The molecule has 0 aromatic heterocycles. The summed E-state index contributed by atoms with van der Waals surface area (Å²) in [7, 11) is 3.78. The molecule has 0 nitrogen and oxygen atoms in total. The zero-order chi connectivity index (χ0) is 12.0. The van der Waals surface area contributed by atoms with Gasteiger partial charge in [-0.2, -0.15) is 0 Å². The highest BCUT2D eigenvalue weighted by atomic mass is 33.1. The first kappa shape index (κ1) is 14.1. The monoisotopic (exact) mass is 270 g/mol. The Hall–Kier alpha value is 0.01000. The van der Waals surface area contributed by atoms with Crippen molar-refractivity contribution in [3.8, 4) is 0 Å². The molecule has 3 heteroatoms. The highest BCUT2D eigenvalue weighted by molar-refractivity contribution is 8.80. The molecule has 0 atom stereocenters. The fourth-order valence-corrected chi connectivity index (χ4v) is 4.07. The summed E-state index contributed by atoms with van der Waals surface area (Å²) in [6.45, 7) is 6.72. The van der Waals surface area contributed by atoms with E-state index in [1.807, 2.05) is 39.4 Å². The molecule has 0 saturated heterocycles. The summed E-state index contributed by atoms with van der Waals surface area (Å²) in [5.41, 5.74) is 1.27. The molecule has 0 radical (unpaired) electrons. The molecule has 0 aliphatic carbocycles. The van der Waals surface area contributed by atoms with Gasteiger partial charge >= 0.3 is 0 Å². The van der Waals surface area contributed by atoms with Crippen LogP contribution in [0.15, 0.2) is 34.6 Å². The van der Waals surface area contributed by atoms with Gasteiger partial charge in [-0.1, -0.05) is 72.7 Å². The largest absolute Gasteiger partial charge is 0.122 e. The van der Waals surface area contributed by atoms with Gasteiger partial charge in [0.2, 0.25) is 0 Å². The SMILES string of the molecule is CS/C(=C\c1ccccc1)SSC(C)(C)C. The van der Waals surface area contributed by atoms with Gasteiger partial charge in [0.05, 0.1) is 4.24 Å². The Morgan fingerprint density at radius 3 is 2.25 bits per heavy atom. The lowest BCUT2D eigenvalue weighted by molar-refractivity contribution is 0.810. The van der Waals surface area contributed by atoms with E-state index in [0.29, 0.717) is 4.75 Å². The van der Waals surface area contributed by atoms with Gasteiger partial charge in [-0.05, 0) is 17.9 Å². The van der Waals surface area contributed by atoms with Gasteiger partial charge in [0.1, 0.15) is 0 Å². The van der Waals surface area contributed by atoms with Crippen LogP contribution >= 0.6 is 33.3 Å². The third kappa shape index (κ3) is 5.92. The highest BCUT2D eigenvalue weighted by Crippen LogP contribution is 2.44. The molecule has 0 N–H and O–H groups in total. The van der Waals surface area contributed by atoms with Crippen molar-refractivity contribution >= 4 is 39.4 Å². The maximum atomic E-state index is 2.24. The summed E-state index contributed by atoms with van der Waals surface area (Å²) in [6, 6.07) is 10.5. The Kier molecular flexibility index (Phi) is 5.87. The van der Waals surface area contributed by atoms with Crippen LogP contribution in [0.5, 0.6) is 0 Å². The lowest BCUT2D eigenvalue weighted by Gasteiger charge is -2.16. The van der Waals surface area contributed by atoms with Crippen molar-refractivity contribution in [2.24, 2.45) is 0 Å². The summed E-state index contributed by atoms with van der Waals surface area (Å²) in [4.78, 5) is 0. The number of thioether (sulfide) groups is 1. The average Bonchev–Trinajstić information content (AvgIpc) is 2.24. The molecule has 1 aromatic rings. The first-order valence-electron chi connectivity index (χ1n) is 5.18. The van der Waals surface area contributed by atoms with Crippen molar-refractivity contribution in [3.05, 3.63) is 40.1 Å². The normalized spacial score (nSPS) is 12.9. The molecule has 0 saturated carbocycles. The minimum Gasteiger partial charge on any atom is -0.122 e. The Bertz CT molecular complexity index is 336. The summed E-state index contributed by atoms with van der Waals surface area (Å²) in [6.07, 6.45) is 4.37. The summed E-state index contributed by atoms with van der Waals surface area (Å²) >= 11 is 1.81. The predicted molar refractivity (Wildman–Crippen MR) is 82.9 cm³/mol. The molecule has 0 bridgehead atoms. The molecule has 0 aliphatic rings. The van der Waals surface area contributed by atoms with E-state index < -0.39 is 0 Å². The van der Waals surface area contributed by atoms with E-state index >= 15 is 0 Å². The van der Waals surface area contributed by atoms with Crippen molar-refractivity contribution < 1.29 is 0 Å². The average molecular weight is 270 g/mol. The van der Waals surface area contributed by atoms with Crippen LogP contribution in [-0.2, 0) is 0 Å². The molecule has 0 spiro atoms. The molecule has 0 unspecified atom stereocenters. The second-order valence-electron chi connectivity index (χ2n) is 4.36. The number of hydrogen-bond acceptors (Lipinski definition) is 3. The summed E-state index contributed by atoms with van der Waals surface area (Å²) in [5.74, 6) is 0. The lowest BCUT2D eigenvalue weighted by Crippen LogP contribution is -2.04. The van der Waals surface area contributed by atoms with Gasteiger partial charge in [-0.25, -0.2) is 0 Å². The molecule has 16 heavy (non-hydrogen) atoms. The van der Waals surface area contributed by atoms with Crippen LogP contribution in [0.2, 0.25) is 0 Å². The standard InChI is InChI=1S/C13H18S3/c1-13(2,3)16-15-12(14-4)10-11-8-6-5-7-9-11/h5-10H,1-4H3/b12-10+. The van der Waals surface area contributed by atoms with Gasteiger partial charge < -0.3 is 0 Å². The van der Waals surface area contributed by atoms with Gasteiger partial charge in [-0.15, -0.1) is 11.8 Å². The van der Waals surface area contributed by atoms with Gasteiger partial charge in [0, 0.05) is 4.75 Å². The maximum Gasteiger partial charge on any atom is 0.0514 e. The Balaban J connectivity index is 2.64. The summed E-state index contributed by atoms with van der Waals surface area (Å²) < 4.78 is 1.65. The Morgan fingerprint density at radius 2 is 1.75 bits per heavy atom. The first-order valence-corrected chi connectivity index (χ1v) is 8.55. The van der Waals surface area contributed by atoms with Crippen LogP contribution in [0.25, 0.3) is 6.08 Å². The Morgan fingerprint density at radius 1 is 1.12 bits per heavy atom. The molecule has 1 rings (SSSR count). The third-order valence-corrected chi connectivity index (χ3v) is 6.40. The molecule has 0 amide bonds. The van der Waals surface area contributed by atoms with Gasteiger partial charge in [0.15, 0.2) is 0 Å². The van der Waals surface area contributed by atoms with Gasteiger partial charge in [-0.3, -0.25) is 0 Å². The van der Waals surface area contributed by atoms with Crippen molar-refractivity contribution in [1.82, 2.24) is 0 Å². The molecule has 88 valence electrons. The minimum atomic E-state index is 0.302. The van der Waals surface area contributed by atoms with E-state index in [1.165, 1.54) is 9.80 Å². The predicted octanol–water partition coefficient (Wildman–Crippen LogP) is 5.53. The van der Waals surface area contributed by atoms with E-state index in [4.69, 9.17) is 0 Å². The first-order chi connectivity index (χ1) is 7.51. The number of rotatable bonds is 4. The maximum absolute atomic E-state index is 2.24. The van der Waals surface area contributed by atoms with Crippen LogP contribution in [0.4, 0.5) is 0 Å². The lowest BCUT2D eigenvalue weighted by atomic mass is 10.2. The molecule has 0 heterocycles. The zero-order valence-corrected chi connectivity index (χ0v) is 12.6. The Labute approximate surface area is 111 Å². The van der Waals surface area contributed by atoms with Crippen LogP contribution in [0.3, 0.4) is 0 Å². The smallest absolute Gasteiger partial charge is 0.0514 e. The van der Waals surface area contributed by atoms with Gasteiger partial charge in [0.25, 0.3) is 0 Å². The fraction of sp³-hybridized carbons (Fsp3) is 0.385. The highest BCUT2D eigenvalue weighted by Gasteiger charge is 2.12. The zero-order valence-electron chi connectivity index (χ0n) is 10.2. The van der Waals surface area contributed by atoms with E-state index in [9.17, 15) is 0 Å². The molecular formula is C13H18S3. The van der Waals surface area contributed by atoms with E-state index in [2.05, 4.69) is 57.4 Å². The van der Waals surface area contributed by atoms with Crippen LogP contribution in [0, 0.1) is 0 Å². The van der Waals surface area contributed by atoms with E-state index in [0.717, 1.165) is 0 Å². The van der Waals surface area contributed by atoms with Crippen LogP contribution in [0.1, 0.15) is 26.3 Å². The minimum absolute atomic E-state index is 0.302. The molecule has 0 aliphatic heterocycles. The van der Waals surface area contributed by atoms with Crippen LogP contribution < -0.4 is 0 Å². The molecule has 0 fully saturated rings. The topological polar surface area (TPSA) is 0 Å².